The summed E-state index contributed by atoms with van der Waals surface area (Å²) in [7, 11) is 0. The Labute approximate surface area is 87.7 Å². The van der Waals surface area contributed by atoms with E-state index in [9.17, 15) is 4.39 Å². The number of aliphatic hydroxyl groups is 1. The lowest BCUT2D eigenvalue weighted by molar-refractivity contribution is 0.244. The van der Waals surface area contributed by atoms with Crippen LogP contribution in [0.3, 0.4) is 0 Å². The molecule has 0 aliphatic rings. The number of hydrogen-bond acceptors (Lipinski definition) is 2. The molecule has 0 fully saturated rings. The predicted octanol–water partition coefficient (Wildman–Crippen LogP) is 2.52. The summed E-state index contributed by atoms with van der Waals surface area (Å²) in [6.45, 7) is 2.47. The first-order valence-electron chi connectivity index (χ1n) is 4.43. The second-order valence-corrected chi connectivity index (χ2v) is 3.73. The van der Waals surface area contributed by atoms with Crippen LogP contribution < -0.4 is 5.32 Å². The Morgan fingerprint density at radius 1 is 1.57 bits per heavy atom. The van der Waals surface area contributed by atoms with Crippen molar-refractivity contribution < 1.29 is 9.50 Å². The number of halogens is 2. The molecule has 2 N–H and O–H groups in total. The Kier molecular flexibility index (Phi) is 4.17. The maximum Gasteiger partial charge on any atom is 0.146 e. The molecule has 1 aromatic carbocycles. The van der Waals surface area contributed by atoms with E-state index in [0.717, 1.165) is 0 Å². The average molecular weight is 218 g/mol. The molecule has 2 nitrogen and oxygen atoms in total. The highest BCUT2D eigenvalue weighted by molar-refractivity contribution is 6.30. The number of anilines is 1. The summed E-state index contributed by atoms with van der Waals surface area (Å²) >= 11 is 5.71. The topological polar surface area (TPSA) is 32.3 Å². The molecule has 0 radical (unpaired) electrons. The number of hydrogen-bond donors (Lipinski definition) is 2. The first-order valence-corrected chi connectivity index (χ1v) is 4.81. The van der Waals surface area contributed by atoms with Crippen LogP contribution >= 0.6 is 11.6 Å². The Hall–Kier alpha value is -0.800. The summed E-state index contributed by atoms with van der Waals surface area (Å²) in [5.41, 5.74) is 0.373. The zero-order valence-corrected chi connectivity index (χ0v) is 8.68. The normalized spacial score (nSPS) is 12.6. The van der Waals surface area contributed by atoms with E-state index in [0.29, 0.717) is 17.3 Å². The average Bonchev–Trinajstić information content (AvgIpc) is 2.19. The van der Waals surface area contributed by atoms with E-state index in [1.54, 1.807) is 0 Å². The van der Waals surface area contributed by atoms with Crippen molar-refractivity contribution in [1.29, 1.82) is 0 Å². The summed E-state index contributed by atoms with van der Waals surface area (Å²) in [6.07, 6.45) is 0. The van der Waals surface area contributed by atoms with Crippen molar-refractivity contribution >= 4 is 17.3 Å². The molecule has 0 saturated heterocycles. The monoisotopic (exact) mass is 217 g/mol. The molecular weight excluding hydrogens is 205 g/mol. The van der Waals surface area contributed by atoms with E-state index < -0.39 is 0 Å². The van der Waals surface area contributed by atoms with Gasteiger partial charge < -0.3 is 10.4 Å². The Bertz CT molecular complexity index is 306. The van der Waals surface area contributed by atoms with Crippen LogP contribution in [0.2, 0.25) is 5.02 Å². The van der Waals surface area contributed by atoms with Gasteiger partial charge in [0.25, 0.3) is 0 Å². The van der Waals surface area contributed by atoms with Crippen LogP contribution in [0.4, 0.5) is 10.1 Å². The van der Waals surface area contributed by atoms with Crippen molar-refractivity contribution in [2.45, 2.75) is 6.92 Å². The molecule has 0 heterocycles. The van der Waals surface area contributed by atoms with Crippen LogP contribution in [0.5, 0.6) is 0 Å². The molecule has 1 unspecified atom stereocenters. The van der Waals surface area contributed by atoms with Crippen LogP contribution in [-0.4, -0.2) is 18.3 Å². The van der Waals surface area contributed by atoms with Gasteiger partial charge in [-0.3, -0.25) is 0 Å². The third-order valence-electron chi connectivity index (χ3n) is 1.88. The number of benzene rings is 1. The minimum absolute atomic E-state index is 0.0786. The van der Waals surface area contributed by atoms with E-state index >= 15 is 0 Å². The van der Waals surface area contributed by atoms with Gasteiger partial charge in [-0.05, 0) is 24.1 Å². The first-order chi connectivity index (χ1) is 6.63. The highest BCUT2D eigenvalue weighted by atomic mass is 35.5. The summed E-state index contributed by atoms with van der Waals surface area (Å²) in [4.78, 5) is 0. The van der Waals surface area contributed by atoms with Crippen molar-refractivity contribution in [2.24, 2.45) is 5.92 Å². The molecule has 1 rings (SSSR count). The maximum absolute atomic E-state index is 13.1. The zero-order valence-electron chi connectivity index (χ0n) is 7.93. The van der Waals surface area contributed by atoms with Crippen molar-refractivity contribution in [3.05, 3.63) is 29.0 Å². The fourth-order valence-corrected chi connectivity index (χ4v) is 1.15. The fraction of sp³-hybridized carbons (Fsp3) is 0.400. The fourth-order valence-electron chi connectivity index (χ4n) is 0.982. The smallest absolute Gasteiger partial charge is 0.146 e. The number of aliphatic hydroxyl groups excluding tert-OH is 1. The van der Waals surface area contributed by atoms with Gasteiger partial charge in [0.05, 0.1) is 5.69 Å². The highest BCUT2D eigenvalue weighted by Crippen LogP contribution is 2.19. The van der Waals surface area contributed by atoms with Gasteiger partial charge in [-0.25, -0.2) is 4.39 Å². The van der Waals surface area contributed by atoms with Crippen LogP contribution in [0.15, 0.2) is 18.2 Å². The van der Waals surface area contributed by atoms with Gasteiger partial charge >= 0.3 is 0 Å². The molecule has 1 atom stereocenters. The van der Waals surface area contributed by atoms with Crippen molar-refractivity contribution in [3.8, 4) is 0 Å². The predicted molar refractivity (Wildman–Crippen MR) is 56.1 cm³/mol. The summed E-state index contributed by atoms with van der Waals surface area (Å²) in [6, 6.07) is 4.34. The largest absolute Gasteiger partial charge is 0.396 e. The van der Waals surface area contributed by atoms with Gasteiger partial charge in [0, 0.05) is 18.2 Å². The Morgan fingerprint density at radius 2 is 2.29 bits per heavy atom. The van der Waals surface area contributed by atoms with Gasteiger partial charge in [-0.1, -0.05) is 18.5 Å². The van der Waals surface area contributed by atoms with Crippen molar-refractivity contribution in [3.63, 3.8) is 0 Å². The van der Waals surface area contributed by atoms with Gasteiger partial charge in [0.1, 0.15) is 5.82 Å². The molecule has 14 heavy (non-hydrogen) atoms. The van der Waals surface area contributed by atoms with E-state index in [4.69, 9.17) is 16.7 Å². The van der Waals surface area contributed by atoms with E-state index in [1.807, 2.05) is 6.92 Å². The molecule has 1 aromatic rings. The third-order valence-corrected chi connectivity index (χ3v) is 2.12. The lowest BCUT2D eigenvalue weighted by Gasteiger charge is -2.11. The zero-order chi connectivity index (χ0) is 10.6. The van der Waals surface area contributed by atoms with Crippen LogP contribution in [-0.2, 0) is 0 Å². The Balaban J connectivity index is 2.62. The third kappa shape index (κ3) is 3.16. The quantitative estimate of drug-likeness (QED) is 0.813. The second-order valence-electron chi connectivity index (χ2n) is 3.29. The summed E-state index contributed by atoms with van der Waals surface area (Å²) in [5, 5.41) is 12.2. The first kappa shape index (κ1) is 11.3. The van der Waals surface area contributed by atoms with Gasteiger partial charge in [0.15, 0.2) is 0 Å². The highest BCUT2D eigenvalue weighted by Gasteiger charge is 2.04. The van der Waals surface area contributed by atoms with Gasteiger partial charge in [0.2, 0.25) is 0 Å². The molecule has 78 valence electrons. The lowest BCUT2D eigenvalue weighted by Crippen LogP contribution is -2.15. The molecule has 4 heteroatoms. The van der Waals surface area contributed by atoms with Crippen LogP contribution in [0, 0.1) is 11.7 Å². The molecule has 0 spiro atoms. The van der Waals surface area contributed by atoms with E-state index in [-0.39, 0.29) is 18.3 Å². The van der Waals surface area contributed by atoms with Crippen molar-refractivity contribution in [1.82, 2.24) is 0 Å². The van der Waals surface area contributed by atoms with E-state index in [2.05, 4.69) is 5.32 Å². The SMILES string of the molecule is CC(CO)CNc1cc(Cl)ccc1F. The van der Waals surface area contributed by atoms with Crippen molar-refractivity contribution in [2.75, 3.05) is 18.5 Å². The molecule has 0 bridgehead atoms. The van der Waals surface area contributed by atoms with Gasteiger partial charge in [-0.2, -0.15) is 0 Å². The molecule has 0 aromatic heterocycles. The standard InChI is InChI=1S/C10H13ClFNO/c1-7(6-14)5-13-10-4-8(11)2-3-9(10)12/h2-4,7,13-14H,5-6H2,1H3. The number of nitrogens with one attached hydrogen (secondary N) is 1. The molecular formula is C10H13ClFNO. The molecule has 0 amide bonds. The second kappa shape index (κ2) is 5.17. The minimum Gasteiger partial charge on any atom is -0.396 e. The van der Waals surface area contributed by atoms with Crippen LogP contribution in [0.25, 0.3) is 0 Å². The summed E-state index contributed by atoms with van der Waals surface area (Å²) in [5.74, 6) is -0.243. The van der Waals surface area contributed by atoms with Gasteiger partial charge in [-0.15, -0.1) is 0 Å². The molecule has 0 aliphatic heterocycles. The minimum atomic E-state index is -0.334. The Morgan fingerprint density at radius 3 is 2.93 bits per heavy atom. The molecule has 0 aliphatic carbocycles. The lowest BCUT2D eigenvalue weighted by atomic mass is 10.2. The molecule has 0 saturated carbocycles. The van der Waals surface area contributed by atoms with Crippen LogP contribution in [0.1, 0.15) is 6.92 Å². The summed E-state index contributed by atoms with van der Waals surface area (Å²) < 4.78 is 13.1. The number of rotatable bonds is 4. The van der Waals surface area contributed by atoms with E-state index in [1.165, 1.54) is 18.2 Å². The maximum atomic E-state index is 13.1.